The first-order valence-electron chi connectivity index (χ1n) is 4.87. The fraction of sp³-hybridized carbons (Fsp3) is 0.364. The molecule has 0 atom stereocenters. The molecule has 5 heteroatoms. The van der Waals surface area contributed by atoms with E-state index >= 15 is 0 Å². The van der Waals surface area contributed by atoms with Gasteiger partial charge in [0.25, 0.3) is 0 Å². The molecule has 0 unspecified atom stereocenters. The number of rotatable bonds is 5. The van der Waals surface area contributed by atoms with Crippen LogP contribution in [0.5, 0.6) is 5.75 Å². The average molecular weight is 288 g/mol. The molecular formula is C11H14BrNO3. The van der Waals surface area contributed by atoms with Crippen LogP contribution in [-0.4, -0.2) is 19.7 Å². The Hall–Kier alpha value is -1.23. The number of carbonyl (C=O) groups is 1. The molecule has 0 aliphatic rings. The summed E-state index contributed by atoms with van der Waals surface area (Å²) in [5, 5.41) is 0. The summed E-state index contributed by atoms with van der Waals surface area (Å²) in [4.78, 5) is 10.8. The van der Waals surface area contributed by atoms with Crippen molar-refractivity contribution < 1.29 is 14.3 Å². The summed E-state index contributed by atoms with van der Waals surface area (Å²) in [6, 6.07) is 5.36. The first-order valence-corrected chi connectivity index (χ1v) is 5.67. The van der Waals surface area contributed by atoms with Crippen molar-refractivity contribution in [2.45, 2.75) is 12.8 Å². The Bertz CT molecular complexity index is 348. The smallest absolute Gasteiger partial charge is 0.305 e. The van der Waals surface area contributed by atoms with Crippen molar-refractivity contribution in [2.24, 2.45) is 0 Å². The van der Waals surface area contributed by atoms with Crippen molar-refractivity contribution in [1.29, 1.82) is 0 Å². The largest absolute Gasteiger partial charge is 0.493 e. The maximum absolute atomic E-state index is 10.8. The van der Waals surface area contributed by atoms with Gasteiger partial charge in [-0.3, -0.25) is 4.79 Å². The van der Waals surface area contributed by atoms with Crippen molar-refractivity contribution in [3.05, 3.63) is 22.7 Å². The molecule has 0 aliphatic heterocycles. The number of halogens is 1. The molecule has 1 rings (SSSR count). The van der Waals surface area contributed by atoms with Crippen molar-refractivity contribution in [3.63, 3.8) is 0 Å². The summed E-state index contributed by atoms with van der Waals surface area (Å²) < 4.78 is 10.8. The molecule has 0 bridgehead atoms. The van der Waals surface area contributed by atoms with Crippen LogP contribution < -0.4 is 10.5 Å². The van der Waals surface area contributed by atoms with Gasteiger partial charge in [-0.05, 0) is 18.6 Å². The van der Waals surface area contributed by atoms with Crippen LogP contribution in [-0.2, 0) is 9.53 Å². The normalized spacial score (nSPS) is 9.88. The lowest BCUT2D eigenvalue weighted by Gasteiger charge is -2.07. The molecule has 1 aromatic rings. The molecule has 0 spiro atoms. The van der Waals surface area contributed by atoms with Crippen LogP contribution in [0.2, 0.25) is 0 Å². The van der Waals surface area contributed by atoms with E-state index in [-0.39, 0.29) is 5.97 Å². The van der Waals surface area contributed by atoms with Crippen LogP contribution in [0.4, 0.5) is 5.69 Å². The second-order valence-corrected chi connectivity index (χ2v) is 4.16. The Morgan fingerprint density at radius 1 is 1.44 bits per heavy atom. The molecule has 0 aromatic heterocycles. The number of nitrogen functional groups attached to an aromatic ring is 1. The third-order valence-corrected chi connectivity index (χ3v) is 2.37. The van der Waals surface area contributed by atoms with E-state index in [0.29, 0.717) is 30.9 Å². The van der Waals surface area contributed by atoms with Crippen LogP contribution in [0.15, 0.2) is 22.7 Å². The number of nitrogens with two attached hydrogens (primary N) is 1. The Labute approximate surface area is 103 Å². The molecule has 0 saturated heterocycles. The minimum atomic E-state index is -0.225. The van der Waals surface area contributed by atoms with Crippen LogP contribution in [0.1, 0.15) is 12.8 Å². The van der Waals surface area contributed by atoms with Gasteiger partial charge in [-0.25, -0.2) is 0 Å². The van der Waals surface area contributed by atoms with Crippen LogP contribution in [0, 0.1) is 0 Å². The fourth-order valence-electron chi connectivity index (χ4n) is 1.18. The third kappa shape index (κ3) is 4.53. The van der Waals surface area contributed by atoms with Crippen LogP contribution in [0.25, 0.3) is 0 Å². The molecule has 2 N–H and O–H groups in total. The van der Waals surface area contributed by atoms with Gasteiger partial charge in [0.1, 0.15) is 5.75 Å². The molecule has 1 aromatic carbocycles. The van der Waals surface area contributed by atoms with Gasteiger partial charge < -0.3 is 15.2 Å². The fourth-order valence-corrected chi connectivity index (χ4v) is 1.67. The van der Waals surface area contributed by atoms with Crippen molar-refractivity contribution in [1.82, 2.24) is 0 Å². The first-order chi connectivity index (χ1) is 7.61. The molecule has 0 heterocycles. The SMILES string of the molecule is COC(=O)CCCOc1cc(N)cc(Br)c1. The average Bonchev–Trinajstić information content (AvgIpc) is 2.22. The van der Waals surface area contributed by atoms with E-state index in [1.165, 1.54) is 7.11 Å². The quantitative estimate of drug-likeness (QED) is 0.513. The van der Waals surface area contributed by atoms with Gasteiger partial charge in [0.05, 0.1) is 13.7 Å². The van der Waals surface area contributed by atoms with E-state index < -0.39 is 0 Å². The maximum atomic E-state index is 10.8. The molecule has 16 heavy (non-hydrogen) atoms. The minimum Gasteiger partial charge on any atom is -0.493 e. The van der Waals surface area contributed by atoms with Gasteiger partial charge in [-0.2, -0.15) is 0 Å². The highest BCUT2D eigenvalue weighted by molar-refractivity contribution is 9.10. The standard InChI is InChI=1S/C11H14BrNO3/c1-15-11(14)3-2-4-16-10-6-8(12)5-9(13)7-10/h5-7H,2-4,13H2,1H3. The summed E-state index contributed by atoms with van der Waals surface area (Å²) in [6.45, 7) is 0.463. The van der Waals surface area contributed by atoms with Gasteiger partial charge in [0, 0.05) is 22.6 Å². The van der Waals surface area contributed by atoms with E-state index in [4.69, 9.17) is 10.5 Å². The first kappa shape index (κ1) is 12.8. The predicted molar refractivity (Wildman–Crippen MR) is 65.3 cm³/mol. The predicted octanol–water partition coefficient (Wildman–Crippen LogP) is 2.36. The Morgan fingerprint density at radius 2 is 2.19 bits per heavy atom. The Morgan fingerprint density at radius 3 is 2.81 bits per heavy atom. The van der Waals surface area contributed by atoms with Gasteiger partial charge in [0.2, 0.25) is 0 Å². The molecular weight excluding hydrogens is 274 g/mol. The highest BCUT2D eigenvalue weighted by Gasteiger charge is 2.01. The van der Waals surface area contributed by atoms with E-state index in [1.54, 1.807) is 12.1 Å². The van der Waals surface area contributed by atoms with Crippen molar-refractivity contribution in [2.75, 3.05) is 19.5 Å². The number of anilines is 1. The third-order valence-electron chi connectivity index (χ3n) is 1.92. The second kappa shape index (κ2) is 6.37. The monoisotopic (exact) mass is 287 g/mol. The Kier molecular flexibility index (Phi) is 5.11. The summed E-state index contributed by atoms with van der Waals surface area (Å²) in [7, 11) is 1.37. The van der Waals surface area contributed by atoms with Crippen LogP contribution in [0.3, 0.4) is 0 Å². The van der Waals surface area contributed by atoms with Gasteiger partial charge in [0.15, 0.2) is 0 Å². The summed E-state index contributed by atoms with van der Waals surface area (Å²) in [5.41, 5.74) is 6.29. The number of benzene rings is 1. The molecule has 0 amide bonds. The van der Waals surface area contributed by atoms with Gasteiger partial charge >= 0.3 is 5.97 Å². The molecule has 0 radical (unpaired) electrons. The van der Waals surface area contributed by atoms with Crippen LogP contribution >= 0.6 is 15.9 Å². The maximum Gasteiger partial charge on any atom is 0.305 e. The summed E-state index contributed by atoms with van der Waals surface area (Å²) in [5.74, 6) is 0.467. The lowest BCUT2D eigenvalue weighted by atomic mass is 10.3. The number of carbonyl (C=O) groups excluding carboxylic acids is 1. The second-order valence-electron chi connectivity index (χ2n) is 3.25. The van der Waals surface area contributed by atoms with Crippen molar-refractivity contribution >= 4 is 27.6 Å². The number of methoxy groups -OCH3 is 1. The topological polar surface area (TPSA) is 61.5 Å². The van der Waals surface area contributed by atoms with E-state index in [0.717, 1.165) is 4.47 Å². The zero-order valence-electron chi connectivity index (χ0n) is 9.03. The highest BCUT2D eigenvalue weighted by Crippen LogP contribution is 2.22. The van der Waals surface area contributed by atoms with E-state index in [1.807, 2.05) is 6.07 Å². The number of hydrogen-bond donors (Lipinski definition) is 1. The van der Waals surface area contributed by atoms with E-state index in [2.05, 4.69) is 20.7 Å². The summed E-state index contributed by atoms with van der Waals surface area (Å²) >= 11 is 3.32. The lowest BCUT2D eigenvalue weighted by Crippen LogP contribution is -2.04. The summed E-state index contributed by atoms with van der Waals surface area (Å²) in [6.07, 6.45) is 0.985. The van der Waals surface area contributed by atoms with E-state index in [9.17, 15) is 4.79 Å². The molecule has 0 fully saturated rings. The molecule has 0 saturated carbocycles. The number of hydrogen-bond acceptors (Lipinski definition) is 4. The Balaban J connectivity index is 2.34. The zero-order valence-corrected chi connectivity index (χ0v) is 10.6. The van der Waals surface area contributed by atoms with Gasteiger partial charge in [-0.1, -0.05) is 15.9 Å². The molecule has 4 nitrogen and oxygen atoms in total. The molecule has 0 aliphatic carbocycles. The number of esters is 1. The van der Waals surface area contributed by atoms with Gasteiger partial charge in [-0.15, -0.1) is 0 Å². The van der Waals surface area contributed by atoms with Crippen molar-refractivity contribution in [3.8, 4) is 5.75 Å². The molecule has 88 valence electrons. The zero-order chi connectivity index (χ0) is 12.0. The number of ether oxygens (including phenoxy) is 2. The lowest BCUT2D eigenvalue weighted by molar-refractivity contribution is -0.140. The highest BCUT2D eigenvalue weighted by atomic mass is 79.9. The minimum absolute atomic E-state index is 0.225.